The lowest BCUT2D eigenvalue weighted by Crippen LogP contribution is -1.86. The van der Waals surface area contributed by atoms with Gasteiger partial charge in [0.25, 0.3) is 0 Å². The van der Waals surface area contributed by atoms with E-state index < -0.39 is 0 Å². The highest BCUT2D eigenvalue weighted by Crippen LogP contribution is 2.03. The molecule has 1 unspecified atom stereocenters. The predicted molar refractivity (Wildman–Crippen MR) is 37.5 cm³/mol. The Morgan fingerprint density at radius 2 is 2.29 bits per heavy atom. The van der Waals surface area contributed by atoms with E-state index in [1.807, 2.05) is 0 Å². The third-order valence-corrected chi connectivity index (χ3v) is 1.39. The van der Waals surface area contributed by atoms with E-state index in [1.54, 1.807) is 0 Å². The van der Waals surface area contributed by atoms with Gasteiger partial charge in [-0.25, -0.2) is 0 Å². The zero-order valence-corrected chi connectivity index (χ0v) is 6.37. The molecule has 7 heavy (non-hydrogen) atoms. The fraction of sp³-hybridized carbons (Fsp3) is 0.833. The van der Waals surface area contributed by atoms with Crippen molar-refractivity contribution in [3.8, 4) is 0 Å². The van der Waals surface area contributed by atoms with Gasteiger partial charge in [0, 0.05) is 5.33 Å². The van der Waals surface area contributed by atoms with Crippen LogP contribution in [0.2, 0.25) is 0 Å². The van der Waals surface area contributed by atoms with Crippen molar-refractivity contribution < 1.29 is 0 Å². The predicted octanol–water partition coefficient (Wildman–Crippen LogP) is 2.63. The van der Waals surface area contributed by atoms with Crippen LogP contribution in [0.1, 0.15) is 19.8 Å². The Hall–Kier alpha value is 0.480. The third kappa shape index (κ3) is 6.48. The van der Waals surface area contributed by atoms with Gasteiger partial charge >= 0.3 is 0 Å². The zero-order chi connectivity index (χ0) is 5.70. The van der Waals surface area contributed by atoms with Gasteiger partial charge in [0.05, 0.1) is 0 Å². The second-order valence-electron chi connectivity index (χ2n) is 1.94. The van der Waals surface area contributed by atoms with Crippen molar-refractivity contribution in [2.45, 2.75) is 19.8 Å². The van der Waals surface area contributed by atoms with Crippen LogP contribution in [0.4, 0.5) is 0 Å². The summed E-state index contributed by atoms with van der Waals surface area (Å²) in [6.07, 6.45) is 2.50. The molecule has 0 bridgehead atoms. The Morgan fingerprint density at radius 1 is 1.71 bits per heavy atom. The molecule has 0 saturated heterocycles. The first-order chi connectivity index (χ1) is 3.27. The van der Waals surface area contributed by atoms with E-state index in [9.17, 15) is 0 Å². The first-order valence-corrected chi connectivity index (χ1v) is 3.78. The van der Waals surface area contributed by atoms with Crippen molar-refractivity contribution in [3.05, 3.63) is 6.92 Å². The second-order valence-corrected chi connectivity index (χ2v) is 2.73. The number of hydrogen-bond acceptors (Lipinski definition) is 0. The van der Waals surface area contributed by atoms with Crippen LogP contribution in [0.5, 0.6) is 0 Å². The van der Waals surface area contributed by atoms with Crippen LogP contribution in [0.3, 0.4) is 0 Å². The smallest absolute Gasteiger partial charge is 0.00314 e. The van der Waals surface area contributed by atoms with Crippen molar-refractivity contribution >= 4 is 15.9 Å². The molecule has 0 N–H and O–H groups in total. The van der Waals surface area contributed by atoms with Gasteiger partial charge in [0.15, 0.2) is 0 Å². The van der Waals surface area contributed by atoms with Crippen LogP contribution in [0.15, 0.2) is 0 Å². The summed E-state index contributed by atoms with van der Waals surface area (Å²) in [4.78, 5) is 0. The highest BCUT2D eigenvalue weighted by Gasteiger charge is 1.89. The Labute approximate surface area is 54.4 Å². The van der Waals surface area contributed by atoms with E-state index >= 15 is 0 Å². The summed E-state index contributed by atoms with van der Waals surface area (Å²) in [6, 6.07) is 0. The molecule has 0 nitrogen and oxygen atoms in total. The molecule has 0 heterocycles. The Balaban J connectivity index is 2.68. The summed E-state index contributed by atoms with van der Waals surface area (Å²) in [5, 5.41) is 1.12. The van der Waals surface area contributed by atoms with Gasteiger partial charge in [-0.2, -0.15) is 0 Å². The van der Waals surface area contributed by atoms with Crippen LogP contribution in [0.25, 0.3) is 0 Å². The molecule has 1 radical (unpaired) electrons. The van der Waals surface area contributed by atoms with Crippen LogP contribution in [-0.4, -0.2) is 5.33 Å². The molecular weight excluding hydrogens is 152 g/mol. The van der Waals surface area contributed by atoms with Crippen molar-refractivity contribution in [1.82, 2.24) is 0 Å². The van der Waals surface area contributed by atoms with Crippen LogP contribution < -0.4 is 0 Å². The van der Waals surface area contributed by atoms with E-state index in [0.717, 1.165) is 5.33 Å². The van der Waals surface area contributed by atoms with Gasteiger partial charge in [-0.1, -0.05) is 29.8 Å². The number of hydrogen-bond donors (Lipinski definition) is 0. The molecule has 0 aromatic heterocycles. The molecule has 0 amide bonds. The Morgan fingerprint density at radius 3 is 2.43 bits per heavy atom. The molecule has 1 atom stereocenters. The fourth-order valence-corrected chi connectivity index (χ4v) is 0.749. The quantitative estimate of drug-likeness (QED) is 0.562. The fourth-order valence-electron chi connectivity index (χ4n) is 0.426. The normalized spacial score (nSPS) is 10.3. The topological polar surface area (TPSA) is 0 Å². The minimum absolute atomic E-state index is 0.623. The molecule has 0 aliphatic carbocycles. The van der Waals surface area contributed by atoms with Crippen molar-refractivity contribution in [2.24, 2.45) is 5.92 Å². The van der Waals surface area contributed by atoms with E-state index in [0.29, 0.717) is 5.92 Å². The van der Waals surface area contributed by atoms with E-state index in [-0.39, 0.29) is 0 Å². The molecule has 0 saturated carbocycles. The highest BCUT2D eigenvalue weighted by molar-refractivity contribution is 9.09. The van der Waals surface area contributed by atoms with E-state index in [2.05, 4.69) is 29.8 Å². The Bertz CT molecular complexity index is 33.2. The second kappa shape index (κ2) is 4.63. The summed E-state index contributed by atoms with van der Waals surface area (Å²) in [7, 11) is 0. The minimum Gasteiger partial charge on any atom is -0.0928 e. The number of halogens is 1. The zero-order valence-electron chi connectivity index (χ0n) is 4.78. The summed E-state index contributed by atoms with van der Waals surface area (Å²) in [5.74, 6) is 0.623. The van der Waals surface area contributed by atoms with Gasteiger partial charge in [-0.15, -0.1) is 0 Å². The van der Waals surface area contributed by atoms with Gasteiger partial charge in [-0.3, -0.25) is 0 Å². The maximum atomic E-state index is 3.86. The summed E-state index contributed by atoms with van der Waals surface area (Å²) < 4.78 is 0. The van der Waals surface area contributed by atoms with E-state index in [1.165, 1.54) is 12.8 Å². The standard InChI is InChI=1S/C6H12Br/c1-6(2)4-3-5-7/h6H,1,3-5H2,2H3. The van der Waals surface area contributed by atoms with Crippen molar-refractivity contribution in [1.29, 1.82) is 0 Å². The maximum absolute atomic E-state index is 3.86. The summed E-state index contributed by atoms with van der Waals surface area (Å²) in [5.41, 5.74) is 0. The van der Waals surface area contributed by atoms with Gasteiger partial charge in [-0.05, 0) is 18.8 Å². The highest BCUT2D eigenvalue weighted by atomic mass is 79.9. The van der Waals surface area contributed by atoms with E-state index in [4.69, 9.17) is 0 Å². The molecule has 0 aromatic rings. The van der Waals surface area contributed by atoms with Gasteiger partial charge in [0.2, 0.25) is 0 Å². The van der Waals surface area contributed by atoms with Crippen LogP contribution in [-0.2, 0) is 0 Å². The lowest BCUT2D eigenvalue weighted by molar-refractivity contribution is 0.636. The number of alkyl halides is 1. The molecule has 0 spiro atoms. The molecular formula is C6H12Br. The molecule has 0 rings (SSSR count). The average molecular weight is 164 g/mol. The molecule has 1 heteroatoms. The molecule has 0 aliphatic rings. The van der Waals surface area contributed by atoms with Gasteiger partial charge in [0.1, 0.15) is 0 Å². The third-order valence-electron chi connectivity index (χ3n) is 0.831. The molecule has 0 fully saturated rings. The van der Waals surface area contributed by atoms with Crippen molar-refractivity contribution in [2.75, 3.05) is 5.33 Å². The summed E-state index contributed by atoms with van der Waals surface area (Å²) in [6.45, 7) is 6.00. The lowest BCUT2D eigenvalue weighted by Gasteiger charge is -1.98. The molecule has 0 aliphatic heterocycles. The first-order valence-electron chi connectivity index (χ1n) is 2.66. The Kier molecular flexibility index (Phi) is 4.95. The van der Waals surface area contributed by atoms with Gasteiger partial charge < -0.3 is 0 Å². The van der Waals surface area contributed by atoms with Crippen molar-refractivity contribution in [3.63, 3.8) is 0 Å². The first kappa shape index (κ1) is 7.48. The maximum Gasteiger partial charge on any atom is 0.00314 e. The largest absolute Gasteiger partial charge is 0.0928 e. The summed E-state index contributed by atoms with van der Waals surface area (Å²) >= 11 is 3.35. The minimum atomic E-state index is 0.623. The molecule has 0 aromatic carbocycles. The van der Waals surface area contributed by atoms with Crippen LogP contribution >= 0.6 is 15.9 Å². The molecule has 43 valence electrons. The lowest BCUT2D eigenvalue weighted by atomic mass is 10.1. The number of rotatable bonds is 3. The van der Waals surface area contributed by atoms with Crippen LogP contribution in [0, 0.1) is 12.8 Å². The average Bonchev–Trinajstić information content (AvgIpc) is 1.61. The monoisotopic (exact) mass is 163 g/mol. The SMILES string of the molecule is [CH2]C(C)CCCBr.